The molecule has 2 saturated heterocycles. The summed E-state index contributed by atoms with van der Waals surface area (Å²) >= 11 is 0. The lowest BCUT2D eigenvalue weighted by atomic mass is 9.95. The van der Waals surface area contributed by atoms with E-state index in [4.69, 9.17) is 0 Å². The summed E-state index contributed by atoms with van der Waals surface area (Å²) in [6.45, 7) is 5.04. The Morgan fingerprint density at radius 2 is 2.30 bits per heavy atom. The minimum Gasteiger partial charge on any atom is -0.335 e. The topological polar surface area (TPSA) is 62.5 Å². The number of aromatic nitrogens is 3. The van der Waals surface area contributed by atoms with Gasteiger partial charge in [-0.25, -0.2) is 4.52 Å². The summed E-state index contributed by atoms with van der Waals surface area (Å²) in [6, 6.07) is 0.286. The molecule has 3 unspecified atom stereocenters. The number of nitrogens with one attached hydrogen (secondary N) is 1. The van der Waals surface area contributed by atoms with Gasteiger partial charge in [0.1, 0.15) is 0 Å². The lowest BCUT2D eigenvalue weighted by molar-refractivity contribution is 0.0730. The third-order valence-electron chi connectivity index (χ3n) is 4.75. The van der Waals surface area contributed by atoms with Gasteiger partial charge in [0, 0.05) is 38.1 Å². The first kappa shape index (κ1) is 11.8. The number of carbonyl (C=O) groups excluding carboxylic acids is 1. The predicted octanol–water partition coefficient (Wildman–Crippen LogP) is 0.409. The average molecular weight is 271 g/mol. The van der Waals surface area contributed by atoms with Gasteiger partial charge in [0.2, 0.25) is 0 Å². The maximum atomic E-state index is 12.8. The summed E-state index contributed by atoms with van der Waals surface area (Å²) in [5.41, 5.74) is 1.43. The van der Waals surface area contributed by atoms with E-state index in [1.807, 2.05) is 4.90 Å². The largest absolute Gasteiger partial charge is 0.335 e. The second kappa shape index (κ2) is 4.28. The fourth-order valence-electron chi connectivity index (χ4n) is 3.59. The van der Waals surface area contributed by atoms with Crippen LogP contribution < -0.4 is 5.32 Å². The van der Waals surface area contributed by atoms with Crippen molar-refractivity contribution in [3.8, 4) is 0 Å². The van der Waals surface area contributed by atoms with Crippen LogP contribution >= 0.6 is 0 Å². The maximum absolute atomic E-state index is 12.8. The van der Waals surface area contributed by atoms with Crippen LogP contribution in [0, 0.1) is 11.8 Å². The maximum Gasteiger partial charge on any atom is 0.258 e. The molecule has 2 aromatic rings. The highest BCUT2D eigenvalue weighted by Gasteiger charge is 2.44. The monoisotopic (exact) mass is 271 g/mol. The molecular formula is C14H17N5O. The van der Waals surface area contributed by atoms with E-state index < -0.39 is 0 Å². The van der Waals surface area contributed by atoms with Crippen molar-refractivity contribution in [2.75, 3.05) is 19.6 Å². The number of likely N-dealkylation sites (tertiary alicyclic amines) is 1. The van der Waals surface area contributed by atoms with Crippen molar-refractivity contribution in [2.24, 2.45) is 11.8 Å². The molecule has 1 amide bonds. The first-order chi connectivity index (χ1) is 9.75. The number of fused-ring (bicyclic) bond motifs is 2. The number of rotatable bonds is 1. The normalized spacial score (nSPS) is 29.1. The molecule has 2 aromatic heterocycles. The predicted molar refractivity (Wildman–Crippen MR) is 73.3 cm³/mol. The van der Waals surface area contributed by atoms with Gasteiger partial charge in [-0.15, -0.1) is 0 Å². The summed E-state index contributed by atoms with van der Waals surface area (Å²) in [5, 5.41) is 7.64. The van der Waals surface area contributed by atoms with E-state index in [0.717, 1.165) is 25.2 Å². The molecular weight excluding hydrogens is 254 g/mol. The fourth-order valence-corrected chi connectivity index (χ4v) is 3.59. The van der Waals surface area contributed by atoms with Crippen LogP contribution in [0.3, 0.4) is 0 Å². The zero-order valence-electron chi connectivity index (χ0n) is 11.4. The van der Waals surface area contributed by atoms with Crippen molar-refractivity contribution in [3.05, 3.63) is 30.4 Å². The average Bonchev–Trinajstić information content (AvgIpc) is 3.14. The van der Waals surface area contributed by atoms with Crippen LogP contribution in [-0.2, 0) is 0 Å². The summed E-state index contributed by atoms with van der Waals surface area (Å²) in [4.78, 5) is 18.9. The molecule has 0 saturated carbocycles. The van der Waals surface area contributed by atoms with E-state index >= 15 is 0 Å². The Labute approximate surface area is 116 Å². The zero-order chi connectivity index (χ0) is 13.7. The van der Waals surface area contributed by atoms with Crippen LogP contribution in [0.4, 0.5) is 0 Å². The highest BCUT2D eigenvalue weighted by atomic mass is 16.2. The molecule has 104 valence electrons. The molecule has 6 heteroatoms. The fraction of sp³-hybridized carbons (Fsp3) is 0.500. The van der Waals surface area contributed by atoms with Crippen LogP contribution in [0.1, 0.15) is 17.3 Å². The molecule has 3 atom stereocenters. The smallest absolute Gasteiger partial charge is 0.258 e. The van der Waals surface area contributed by atoms with Gasteiger partial charge >= 0.3 is 0 Å². The van der Waals surface area contributed by atoms with Crippen LogP contribution in [0.25, 0.3) is 5.52 Å². The Bertz CT molecular complexity index is 666. The van der Waals surface area contributed by atoms with E-state index in [1.54, 1.807) is 29.3 Å². The summed E-state index contributed by atoms with van der Waals surface area (Å²) in [6.07, 6.45) is 6.78. The third-order valence-corrected chi connectivity index (χ3v) is 4.75. The molecule has 4 heterocycles. The Kier molecular flexibility index (Phi) is 2.53. The van der Waals surface area contributed by atoms with Crippen molar-refractivity contribution >= 4 is 11.4 Å². The lowest BCUT2D eigenvalue weighted by Gasteiger charge is -2.24. The Balaban J connectivity index is 1.68. The molecule has 2 aliphatic rings. The molecule has 0 spiro atoms. The third kappa shape index (κ3) is 1.57. The molecule has 0 bridgehead atoms. The van der Waals surface area contributed by atoms with Gasteiger partial charge in [-0.2, -0.15) is 5.10 Å². The molecule has 20 heavy (non-hydrogen) atoms. The first-order valence-electron chi connectivity index (χ1n) is 7.05. The van der Waals surface area contributed by atoms with Gasteiger partial charge in [0.25, 0.3) is 5.91 Å². The van der Waals surface area contributed by atoms with Crippen molar-refractivity contribution in [1.29, 1.82) is 0 Å². The standard InChI is InChI=1S/C14H17N5O/c1-9-11-5-16-4-10(11)8-18(9)14(20)12-6-17-19-3-2-15-7-13(12)19/h2-3,6-7,9-11,16H,4-5,8H2,1H3. The van der Waals surface area contributed by atoms with Gasteiger partial charge < -0.3 is 10.2 Å². The SMILES string of the molecule is CC1C2CNCC2CN1C(=O)c1cnn2ccncc12. The summed E-state index contributed by atoms with van der Waals surface area (Å²) < 4.78 is 1.70. The number of hydrogen-bond donors (Lipinski definition) is 1. The minimum atomic E-state index is 0.0786. The van der Waals surface area contributed by atoms with Crippen LogP contribution in [0.2, 0.25) is 0 Å². The number of amides is 1. The second-order valence-corrected chi connectivity index (χ2v) is 5.74. The number of carbonyl (C=O) groups is 1. The van der Waals surface area contributed by atoms with Crippen LogP contribution in [0.15, 0.2) is 24.8 Å². The molecule has 1 N–H and O–H groups in total. The van der Waals surface area contributed by atoms with Gasteiger partial charge in [-0.3, -0.25) is 9.78 Å². The van der Waals surface area contributed by atoms with E-state index in [2.05, 4.69) is 22.3 Å². The van der Waals surface area contributed by atoms with E-state index in [1.165, 1.54) is 0 Å². The van der Waals surface area contributed by atoms with E-state index in [-0.39, 0.29) is 11.9 Å². The number of nitrogens with zero attached hydrogens (tertiary/aromatic N) is 4. The van der Waals surface area contributed by atoms with Gasteiger partial charge in [-0.05, 0) is 18.8 Å². The van der Waals surface area contributed by atoms with Crippen molar-refractivity contribution in [3.63, 3.8) is 0 Å². The Morgan fingerprint density at radius 3 is 3.15 bits per heavy atom. The molecule has 0 aliphatic carbocycles. The Hall–Kier alpha value is -1.95. The van der Waals surface area contributed by atoms with Gasteiger partial charge in [0.05, 0.1) is 23.5 Å². The second-order valence-electron chi connectivity index (χ2n) is 5.74. The lowest BCUT2D eigenvalue weighted by Crippen LogP contribution is -2.38. The minimum absolute atomic E-state index is 0.0786. The molecule has 0 aromatic carbocycles. The van der Waals surface area contributed by atoms with Crippen LogP contribution in [0.5, 0.6) is 0 Å². The van der Waals surface area contributed by atoms with Gasteiger partial charge in [-0.1, -0.05) is 0 Å². The first-order valence-corrected chi connectivity index (χ1v) is 7.05. The Morgan fingerprint density at radius 1 is 1.40 bits per heavy atom. The number of hydrogen-bond acceptors (Lipinski definition) is 4. The quantitative estimate of drug-likeness (QED) is 0.816. The van der Waals surface area contributed by atoms with Crippen molar-refractivity contribution < 1.29 is 4.79 Å². The van der Waals surface area contributed by atoms with E-state index in [0.29, 0.717) is 17.4 Å². The summed E-state index contributed by atoms with van der Waals surface area (Å²) in [5.74, 6) is 1.25. The molecule has 4 rings (SSSR count). The molecule has 0 radical (unpaired) electrons. The molecule has 2 aliphatic heterocycles. The zero-order valence-corrected chi connectivity index (χ0v) is 11.4. The van der Waals surface area contributed by atoms with Gasteiger partial charge in [0.15, 0.2) is 0 Å². The molecule has 6 nitrogen and oxygen atoms in total. The van der Waals surface area contributed by atoms with Crippen molar-refractivity contribution in [2.45, 2.75) is 13.0 Å². The molecule has 2 fully saturated rings. The highest BCUT2D eigenvalue weighted by Crippen LogP contribution is 2.33. The van der Waals surface area contributed by atoms with E-state index in [9.17, 15) is 4.79 Å². The summed E-state index contributed by atoms with van der Waals surface area (Å²) in [7, 11) is 0. The van der Waals surface area contributed by atoms with Crippen molar-refractivity contribution in [1.82, 2.24) is 24.8 Å². The highest BCUT2D eigenvalue weighted by molar-refractivity contribution is 6.00. The van der Waals surface area contributed by atoms with Crippen LogP contribution in [-0.4, -0.2) is 51.1 Å².